The van der Waals surface area contributed by atoms with Crippen molar-refractivity contribution in [1.82, 2.24) is 14.5 Å². The molecule has 5 nitrogen and oxygen atoms in total. The third kappa shape index (κ3) is 5.84. The standard InChI is InChI=1S/C29H33FN4O/c1-3-27(33(17-7-16-31)19-23-12-10-21(2)11-13-23)28-32-26-18-24(30)14-15-25(26)29(35)34(28)20-22-8-5-4-6-9-22/h4-6,8-15,18,27H,3,7,16-17,19-20,31H2,1-2H3. The Bertz CT molecular complexity index is 1320. The average molecular weight is 473 g/mol. The lowest BCUT2D eigenvalue weighted by molar-refractivity contribution is 0.170. The number of halogens is 1. The minimum atomic E-state index is -0.399. The Morgan fingerprint density at radius 1 is 1.03 bits per heavy atom. The SMILES string of the molecule is CCC(c1nc2cc(F)ccc2c(=O)n1Cc1ccccc1)N(CCCN)Cc1ccc(C)cc1. The molecule has 4 rings (SSSR count). The van der Waals surface area contributed by atoms with E-state index in [0.717, 1.165) is 24.9 Å². The fraction of sp³-hybridized carbons (Fsp3) is 0.310. The highest BCUT2D eigenvalue weighted by molar-refractivity contribution is 5.77. The van der Waals surface area contributed by atoms with Crippen LogP contribution in [0.25, 0.3) is 10.9 Å². The molecule has 0 aliphatic heterocycles. The zero-order chi connectivity index (χ0) is 24.8. The van der Waals surface area contributed by atoms with Crippen molar-refractivity contribution in [3.05, 3.63) is 111 Å². The van der Waals surface area contributed by atoms with Crippen LogP contribution in [0.4, 0.5) is 4.39 Å². The van der Waals surface area contributed by atoms with Gasteiger partial charge in [0.05, 0.1) is 23.5 Å². The van der Waals surface area contributed by atoms with E-state index in [1.807, 2.05) is 30.3 Å². The van der Waals surface area contributed by atoms with E-state index in [2.05, 4.69) is 43.0 Å². The Morgan fingerprint density at radius 2 is 1.77 bits per heavy atom. The van der Waals surface area contributed by atoms with E-state index in [4.69, 9.17) is 10.7 Å². The number of aryl methyl sites for hydroxylation is 1. The molecule has 0 saturated heterocycles. The van der Waals surface area contributed by atoms with Crippen LogP contribution in [0.2, 0.25) is 0 Å². The van der Waals surface area contributed by atoms with Gasteiger partial charge in [-0.3, -0.25) is 14.3 Å². The molecule has 1 unspecified atom stereocenters. The van der Waals surface area contributed by atoms with E-state index >= 15 is 0 Å². The molecule has 0 saturated carbocycles. The zero-order valence-corrected chi connectivity index (χ0v) is 20.5. The van der Waals surface area contributed by atoms with Crippen LogP contribution in [0.1, 0.15) is 48.3 Å². The maximum Gasteiger partial charge on any atom is 0.261 e. The number of benzene rings is 3. The van der Waals surface area contributed by atoms with E-state index < -0.39 is 5.82 Å². The van der Waals surface area contributed by atoms with Crippen molar-refractivity contribution in [1.29, 1.82) is 0 Å². The summed E-state index contributed by atoms with van der Waals surface area (Å²) in [4.78, 5) is 20.9. The first kappa shape index (κ1) is 24.8. The minimum Gasteiger partial charge on any atom is -0.330 e. The number of hydrogen-bond acceptors (Lipinski definition) is 4. The molecule has 0 aliphatic rings. The summed E-state index contributed by atoms with van der Waals surface area (Å²) in [5, 5.41) is 0.424. The molecule has 6 heteroatoms. The lowest BCUT2D eigenvalue weighted by Gasteiger charge is -2.32. The van der Waals surface area contributed by atoms with E-state index in [1.54, 1.807) is 4.57 Å². The van der Waals surface area contributed by atoms with Crippen LogP contribution in [0.3, 0.4) is 0 Å². The molecule has 35 heavy (non-hydrogen) atoms. The largest absolute Gasteiger partial charge is 0.330 e. The molecule has 0 aliphatic carbocycles. The normalized spacial score (nSPS) is 12.4. The summed E-state index contributed by atoms with van der Waals surface area (Å²) in [7, 11) is 0. The van der Waals surface area contributed by atoms with Crippen molar-refractivity contribution < 1.29 is 4.39 Å². The molecule has 0 amide bonds. The van der Waals surface area contributed by atoms with Crippen LogP contribution in [0.15, 0.2) is 77.6 Å². The van der Waals surface area contributed by atoms with Gasteiger partial charge >= 0.3 is 0 Å². The highest BCUT2D eigenvalue weighted by atomic mass is 19.1. The lowest BCUT2D eigenvalue weighted by Crippen LogP contribution is -2.36. The van der Waals surface area contributed by atoms with Crippen molar-refractivity contribution in [3.63, 3.8) is 0 Å². The highest BCUT2D eigenvalue weighted by Crippen LogP contribution is 2.27. The van der Waals surface area contributed by atoms with Crippen LogP contribution < -0.4 is 11.3 Å². The predicted octanol–water partition coefficient (Wildman–Crippen LogP) is 5.19. The van der Waals surface area contributed by atoms with Gasteiger partial charge in [0, 0.05) is 19.2 Å². The monoisotopic (exact) mass is 472 g/mol. The molecular weight excluding hydrogens is 439 g/mol. The number of nitrogens with two attached hydrogens (primary N) is 1. The van der Waals surface area contributed by atoms with Gasteiger partial charge in [-0.25, -0.2) is 9.37 Å². The molecular formula is C29H33FN4O. The Balaban J connectivity index is 1.84. The van der Waals surface area contributed by atoms with E-state index in [9.17, 15) is 9.18 Å². The topological polar surface area (TPSA) is 64.2 Å². The molecule has 1 atom stereocenters. The Kier molecular flexibility index (Phi) is 8.06. The quantitative estimate of drug-likeness (QED) is 0.345. The first-order valence-electron chi connectivity index (χ1n) is 12.2. The van der Waals surface area contributed by atoms with Crippen LogP contribution in [-0.2, 0) is 13.1 Å². The smallest absolute Gasteiger partial charge is 0.261 e. The molecule has 1 heterocycles. The van der Waals surface area contributed by atoms with Gasteiger partial charge in [-0.2, -0.15) is 0 Å². The van der Waals surface area contributed by atoms with Gasteiger partial charge in [0.15, 0.2) is 0 Å². The summed E-state index contributed by atoms with van der Waals surface area (Å²) >= 11 is 0. The van der Waals surface area contributed by atoms with Crippen LogP contribution in [0, 0.1) is 12.7 Å². The molecule has 0 bridgehead atoms. The van der Waals surface area contributed by atoms with Gasteiger partial charge in [0.2, 0.25) is 0 Å². The van der Waals surface area contributed by atoms with Gasteiger partial charge in [0.25, 0.3) is 5.56 Å². The molecule has 182 valence electrons. The fourth-order valence-electron chi connectivity index (χ4n) is 4.56. The van der Waals surface area contributed by atoms with Gasteiger partial charge < -0.3 is 5.73 Å². The number of nitrogens with zero attached hydrogens (tertiary/aromatic N) is 3. The summed E-state index contributed by atoms with van der Waals surface area (Å²) in [5.74, 6) is 0.257. The maximum absolute atomic E-state index is 14.1. The zero-order valence-electron chi connectivity index (χ0n) is 20.5. The van der Waals surface area contributed by atoms with Gasteiger partial charge in [0.1, 0.15) is 11.6 Å². The molecule has 1 aromatic heterocycles. The predicted molar refractivity (Wildman–Crippen MR) is 140 cm³/mol. The molecule has 3 aromatic carbocycles. The molecule has 0 radical (unpaired) electrons. The van der Waals surface area contributed by atoms with Crippen molar-refractivity contribution in [2.75, 3.05) is 13.1 Å². The van der Waals surface area contributed by atoms with E-state index in [-0.39, 0.29) is 11.6 Å². The first-order valence-corrected chi connectivity index (χ1v) is 12.2. The third-order valence-electron chi connectivity index (χ3n) is 6.41. The van der Waals surface area contributed by atoms with Gasteiger partial charge in [-0.15, -0.1) is 0 Å². The lowest BCUT2D eigenvalue weighted by atomic mass is 10.1. The first-order chi connectivity index (χ1) is 17.0. The summed E-state index contributed by atoms with van der Waals surface area (Å²) in [5.41, 5.74) is 9.53. The summed E-state index contributed by atoms with van der Waals surface area (Å²) in [6.07, 6.45) is 1.58. The highest BCUT2D eigenvalue weighted by Gasteiger charge is 2.25. The summed E-state index contributed by atoms with van der Waals surface area (Å²) in [6.45, 7) is 6.64. The average Bonchev–Trinajstić information content (AvgIpc) is 2.86. The second-order valence-electron chi connectivity index (χ2n) is 9.03. The third-order valence-corrected chi connectivity index (χ3v) is 6.41. The van der Waals surface area contributed by atoms with Crippen molar-refractivity contribution in [2.24, 2.45) is 5.73 Å². The Labute approximate surface area is 206 Å². The number of aromatic nitrogens is 2. The van der Waals surface area contributed by atoms with Crippen LogP contribution in [0.5, 0.6) is 0 Å². The van der Waals surface area contributed by atoms with Crippen LogP contribution in [-0.4, -0.2) is 27.5 Å². The van der Waals surface area contributed by atoms with Crippen molar-refractivity contribution in [3.8, 4) is 0 Å². The summed E-state index contributed by atoms with van der Waals surface area (Å²) < 4.78 is 15.9. The Hall–Kier alpha value is -3.35. The van der Waals surface area contributed by atoms with Gasteiger partial charge in [-0.05, 0) is 49.6 Å². The molecule has 2 N–H and O–H groups in total. The van der Waals surface area contributed by atoms with Crippen LogP contribution >= 0.6 is 0 Å². The number of hydrogen-bond donors (Lipinski definition) is 1. The van der Waals surface area contributed by atoms with E-state index in [0.29, 0.717) is 36.4 Å². The van der Waals surface area contributed by atoms with Crippen molar-refractivity contribution in [2.45, 2.75) is 45.8 Å². The number of fused-ring (bicyclic) bond motifs is 1. The second kappa shape index (κ2) is 11.4. The minimum absolute atomic E-state index is 0.132. The van der Waals surface area contributed by atoms with E-state index in [1.165, 1.54) is 29.3 Å². The molecule has 4 aromatic rings. The second-order valence-corrected chi connectivity index (χ2v) is 9.03. The maximum atomic E-state index is 14.1. The molecule has 0 spiro atoms. The fourth-order valence-corrected chi connectivity index (χ4v) is 4.56. The van der Waals surface area contributed by atoms with Crippen molar-refractivity contribution >= 4 is 10.9 Å². The Morgan fingerprint density at radius 3 is 2.46 bits per heavy atom. The number of rotatable bonds is 10. The summed E-state index contributed by atoms with van der Waals surface area (Å²) in [6, 6.07) is 22.5. The van der Waals surface area contributed by atoms with Gasteiger partial charge in [-0.1, -0.05) is 67.1 Å². The molecule has 0 fully saturated rings.